The molecule has 0 bridgehead atoms. The topological polar surface area (TPSA) is 67.4 Å². The molecule has 1 aromatic carbocycles. The van der Waals surface area contributed by atoms with E-state index in [0.29, 0.717) is 24.0 Å². The summed E-state index contributed by atoms with van der Waals surface area (Å²) in [5, 5.41) is 1.04. The Morgan fingerprint density at radius 3 is 2.85 bits per heavy atom. The van der Waals surface area contributed by atoms with E-state index >= 15 is 0 Å². The minimum atomic E-state index is -0.00608. The monoisotopic (exact) mass is 443 g/mol. The van der Waals surface area contributed by atoms with Gasteiger partial charge in [0, 0.05) is 56.4 Å². The van der Waals surface area contributed by atoms with Crippen molar-refractivity contribution in [3.05, 3.63) is 69.6 Å². The van der Waals surface area contributed by atoms with Gasteiger partial charge in [-0.25, -0.2) is 4.98 Å². The van der Waals surface area contributed by atoms with Crippen molar-refractivity contribution in [2.45, 2.75) is 63.2 Å². The van der Waals surface area contributed by atoms with Crippen molar-refractivity contribution in [3.8, 4) is 0 Å². The Hall–Kier alpha value is -2.70. The highest BCUT2D eigenvalue weighted by Gasteiger charge is 2.39. The van der Waals surface area contributed by atoms with Gasteiger partial charge in [0.25, 0.3) is 5.56 Å². The third kappa shape index (κ3) is 3.47. The molecule has 0 radical (unpaired) electrons. The molecule has 33 heavy (non-hydrogen) atoms. The summed E-state index contributed by atoms with van der Waals surface area (Å²) in [6.07, 6.45) is 6.53. The highest BCUT2D eigenvalue weighted by atomic mass is 16.1. The van der Waals surface area contributed by atoms with Gasteiger partial charge < -0.3 is 10.6 Å². The van der Waals surface area contributed by atoms with Gasteiger partial charge in [0.1, 0.15) is 5.65 Å². The average molecular weight is 444 g/mol. The molecule has 172 valence electrons. The zero-order valence-electron chi connectivity index (χ0n) is 19.6. The molecule has 2 N–H and O–H groups in total. The number of piperazine rings is 1. The van der Waals surface area contributed by atoms with E-state index in [4.69, 9.17) is 5.73 Å². The number of hydrogen-bond acceptors (Lipinski definition) is 5. The fourth-order valence-corrected chi connectivity index (χ4v) is 6.45. The summed E-state index contributed by atoms with van der Waals surface area (Å²) in [5.74, 6) is 0.602. The molecule has 3 aromatic rings. The van der Waals surface area contributed by atoms with Gasteiger partial charge in [-0.1, -0.05) is 24.6 Å². The Balaban J connectivity index is 1.34. The molecule has 4 heterocycles. The predicted octanol–water partition coefficient (Wildman–Crippen LogP) is 3.68. The van der Waals surface area contributed by atoms with Gasteiger partial charge in [-0.05, 0) is 60.9 Å². The van der Waals surface area contributed by atoms with E-state index < -0.39 is 0 Å². The van der Waals surface area contributed by atoms with Gasteiger partial charge in [-0.3, -0.25) is 14.3 Å². The first-order valence-electron chi connectivity index (χ1n) is 12.3. The number of aryl methyl sites for hydroxylation is 1. The first kappa shape index (κ1) is 20.9. The van der Waals surface area contributed by atoms with Gasteiger partial charge in [0.05, 0.1) is 11.7 Å². The molecule has 2 fully saturated rings. The lowest BCUT2D eigenvalue weighted by molar-refractivity contribution is 0.134. The summed E-state index contributed by atoms with van der Waals surface area (Å²) in [4.78, 5) is 22.2. The van der Waals surface area contributed by atoms with Crippen LogP contribution < -0.4 is 16.2 Å². The molecule has 1 aliphatic carbocycles. The molecule has 0 spiro atoms. The molecule has 4 atom stereocenters. The van der Waals surface area contributed by atoms with Gasteiger partial charge in [0.15, 0.2) is 0 Å². The number of pyridine rings is 2. The van der Waals surface area contributed by atoms with Crippen LogP contribution in [0.15, 0.2) is 47.4 Å². The van der Waals surface area contributed by atoms with Gasteiger partial charge in [-0.15, -0.1) is 0 Å². The molecular weight excluding hydrogens is 410 g/mol. The zero-order valence-corrected chi connectivity index (χ0v) is 19.6. The third-order valence-corrected chi connectivity index (χ3v) is 8.22. The molecule has 3 aliphatic rings. The first-order chi connectivity index (χ1) is 16.0. The van der Waals surface area contributed by atoms with Crippen LogP contribution in [0, 0.1) is 0 Å². The molecule has 6 rings (SSSR count). The standard InChI is InChI=1S/C27H33N5O/c1-17-14-31(24-13-26(33)30(2)27-23(24)7-4-10-29-27)16-25-22-9-8-19(11-20(22)15-32(17)25)18-5-3-6-21(28)12-18/h4,7-11,13,17-18,21,25H,3,5-6,12,14-16,28H2,1-2H3/t17-,18?,21-,25-/m1/s1. The lowest BCUT2D eigenvalue weighted by atomic mass is 9.81. The van der Waals surface area contributed by atoms with Crippen molar-refractivity contribution in [2.75, 3.05) is 18.0 Å². The maximum atomic E-state index is 12.7. The van der Waals surface area contributed by atoms with Crippen molar-refractivity contribution < 1.29 is 0 Å². The van der Waals surface area contributed by atoms with E-state index in [0.717, 1.165) is 49.2 Å². The number of fused-ring (bicyclic) bond motifs is 4. The van der Waals surface area contributed by atoms with Crippen molar-refractivity contribution in [2.24, 2.45) is 12.8 Å². The van der Waals surface area contributed by atoms with Crippen LogP contribution in [0.3, 0.4) is 0 Å². The number of hydrogen-bond donors (Lipinski definition) is 1. The normalized spacial score (nSPS) is 27.5. The number of nitrogens with zero attached hydrogens (tertiary/aromatic N) is 4. The van der Waals surface area contributed by atoms with Crippen LogP contribution in [0.2, 0.25) is 0 Å². The largest absolute Gasteiger partial charge is 0.367 e. The molecular formula is C27H33N5O. The fourth-order valence-electron chi connectivity index (χ4n) is 6.45. The van der Waals surface area contributed by atoms with E-state index in [2.05, 4.69) is 46.0 Å². The Morgan fingerprint density at radius 1 is 1.12 bits per heavy atom. The fraction of sp³-hybridized carbons (Fsp3) is 0.481. The van der Waals surface area contributed by atoms with Gasteiger partial charge in [-0.2, -0.15) is 0 Å². The van der Waals surface area contributed by atoms with E-state index in [-0.39, 0.29) is 5.56 Å². The minimum absolute atomic E-state index is 0.00608. The molecule has 6 nitrogen and oxygen atoms in total. The summed E-state index contributed by atoms with van der Waals surface area (Å²) < 4.78 is 1.64. The van der Waals surface area contributed by atoms with E-state index in [1.165, 1.54) is 29.5 Å². The maximum Gasteiger partial charge on any atom is 0.253 e. The van der Waals surface area contributed by atoms with E-state index in [1.54, 1.807) is 23.9 Å². The highest BCUT2D eigenvalue weighted by Crippen LogP contribution is 2.42. The van der Waals surface area contributed by atoms with Crippen molar-refractivity contribution >= 4 is 16.7 Å². The summed E-state index contributed by atoms with van der Waals surface area (Å²) in [5.41, 5.74) is 12.4. The number of nitrogens with two attached hydrogens (primary N) is 1. The van der Waals surface area contributed by atoms with Crippen LogP contribution in [-0.2, 0) is 13.6 Å². The Labute approximate surface area is 195 Å². The molecule has 1 unspecified atom stereocenters. The number of anilines is 1. The molecule has 2 aliphatic heterocycles. The average Bonchev–Trinajstić information content (AvgIpc) is 3.20. The lowest BCUT2D eigenvalue weighted by Crippen LogP contribution is -2.51. The summed E-state index contributed by atoms with van der Waals surface area (Å²) in [7, 11) is 1.80. The molecule has 1 saturated heterocycles. The number of aromatic nitrogens is 2. The van der Waals surface area contributed by atoms with Gasteiger partial charge in [0.2, 0.25) is 0 Å². The molecule has 1 saturated carbocycles. The number of benzene rings is 1. The van der Waals surface area contributed by atoms with Crippen LogP contribution in [0.1, 0.15) is 61.3 Å². The van der Waals surface area contributed by atoms with Crippen molar-refractivity contribution in [1.82, 2.24) is 14.5 Å². The van der Waals surface area contributed by atoms with Crippen LogP contribution >= 0.6 is 0 Å². The van der Waals surface area contributed by atoms with Crippen LogP contribution in [0.4, 0.5) is 5.69 Å². The molecule has 2 aromatic heterocycles. The van der Waals surface area contributed by atoms with E-state index in [1.807, 2.05) is 6.07 Å². The second-order valence-corrected chi connectivity index (χ2v) is 10.3. The Kier molecular flexibility index (Phi) is 5.03. The van der Waals surface area contributed by atoms with E-state index in [9.17, 15) is 4.79 Å². The molecule has 6 heteroatoms. The maximum absolute atomic E-state index is 12.7. The van der Waals surface area contributed by atoms with Crippen LogP contribution in [0.5, 0.6) is 0 Å². The predicted molar refractivity (Wildman–Crippen MR) is 133 cm³/mol. The summed E-state index contributed by atoms with van der Waals surface area (Å²) in [6.45, 7) is 5.13. The van der Waals surface area contributed by atoms with Crippen LogP contribution in [-0.4, -0.2) is 39.6 Å². The molecule has 0 amide bonds. The SMILES string of the molecule is C[C@@H]1CN(c2cc(=O)n(C)c3ncccc23)C[C@@H]2c3ccc(C4CCC[C@@H](N)C4)cc3CN12. The second-order valence-electron chi connectivity index (χ2n) is 10.3. The Bertz CT molecular complexity index is 1270. The van der Waals surface area contributed by atoms with Crippen LogP contribution in [0.25, 0.3) is 11.0 Å². The first-order valence-corrected chi connectivity index (χ1v) is 12.3. The van der Waals surface area contributed by atoms with Crippen molar-refractivity contribution in [1.29, 1.82) is 0 Å². The quantitative estimate of drug-likeness (QED) is 0.654. The minimum Gasteiger partial charge on any atom is -0.367 e. The summed E-state index contributed by atoms with van der Waals surface area (Å²) >= 11 is 0. The number of rotatable bonds is 2. The summed E-state index contributed by atoms with van der Waals surface area (Å²) in [6, 6.07) is 14.1. The lowest BCUT2D eigenvalue weighted by Gasteiger charge is -2.43. The Morgan fingerprint density at radius 2 is 2.00 bits per heavy atom. The highest BCUT2D eigenvalue weighted by molar-refractivity contribution is 5.89. The third-order valence-electron chi connectivity index (χ3n) is 8.22. The smallest absolute Gasteiger partial charge is 0.253 e. The second kappa shape index (κ2) is 7.96. The zero-order chi connectivity index (χ0) is 22.7. The van der Waals surface area contributed by atoms with Gasteiger partial charge >= 0.3 is 0 Å². The van der Waals surface area contributed by atoms with Crippen molar-refractivity contribution in [3.63, 3.8) is 0 Å².